The van der Waals surface area contributed by atoms with Gasteiger partial charge < -0.3 is 15.0 Å². The lowest BCUT2D eigenvalue weighted by Crippen LogP contribution is -2.38. The summed E-state index contributed by atoms with van der Waals surface area (Å²) >= 11 is 0. The number of aliphatic hydroxyl groups excluding tert-OH is 1. The summed E-state index contributed by atoms with van der Waals surface area (Å²) < 4.78 is 38.8. The standard InChI is InChI=1S/C12H17F3N2O2/c1-8(2)16-6-9(18)7-17-10(12(13,14)15)4-3-5-11(17)19/h3-5,8-9,16,18H,6-7H2,1-2H3. The number of alkyl halides is 3. The second kappa shape index (κ2) is 6.21. The van der Waals surface area contributed by atoms with E-state index in [1.807, 2.05) is 13.8 Å². The molecule has 108 valence electrons. The largest absolute Gasteiger partial charge is 0.431 e. The zero-order valence-corrected chi connectivity index (χ0v) is 10.7. The third-order valence-corrected chi connectivity index (χ3v) is 2.50. The van der Waals surface area contributed by atoms with Gasteiger partial charge >= 0.3 is 6.18 Å². The van der Waals surface area contributed by atoms with E-state index in [0.717, 1.165) is 18.2 Å². The van der Waals surface area contributed by atoms with Crippen molar-refractivity contribution in [1.82, 2.24) is 9.88 Å². The van der Waals surface area contributed by atoms with Crippen LogP contribution in [0.1, 0.15) is 19.5 Å². The number of nitrogens with one attached hydrogen (secondary N) is 1. The Labute approximate surface area is 108 Å². The smallest absolute Gasteiger partial charge is 0.390 e. The van der Waals surface area contributed by atoms with E-state index >= 15 is 0 Å². The second-order valence-corrected chi connectivity index (χ2v) is 4.57. The monoisotopic (exact) mass is 278 g/mol. The van der Waals surface area contributed by atoms with Crippen LogP contribution < -0.4 is 10.9 Å². The molecular weight excluding hydrogens is 261 g/mol. The maximum absolute atomic E-state index is 12.7. The van der Waals surface area contributed by atoms with Gasteiger partial charge in [-0.2, -0.15) is 13.2 Å². The Morgan fingerprint density at radius 2 is 2.00 bits per heavy atom. The molecule has 1 heterocycles. The molecule has 0 saturated carbocycles. The minimum absolute atomic E-state index is 0.101. The Morgan fingerprint density at radius 1 is 1.37 bits per heavy atom. The predicted molar refractivity (Wildman–Crippen MR) is 64.8 cm³/mol. The molecule has 0 spiro atoms. The zero-order chi connectivity index (χ0) is 14.6. The van der Waals surface area contributed by atoms with Crippen LogP contribution in [-0.4, -0.2) is 28.4 Å². The molecule has 0 saturated heterocycles. The normalized spacial score (nSPS) is 13.8. The van der Waals surface area contributed by atoms with Gasteiger partial charge in [-0.3, -0.25) is 4.79 Å². The van der Waals surface area contributed by atoms with Gasteiger partial charge in [-0.15, -0.1) is 0 Å². The van der Waals surface area contributed by atoms with Crippen LogP contribution in [-0.2, 0) is 12.7 Å². The van der Waals surface area contributed by atoms with E-state index in [9.17, 15) is 23.1 Å². The SMILES string of the molecule is CC(C)NCC(O)Cn1c(C(F)(F)F)cccc1=O. The van der Waals surface area contributed by atoms with E-state index in [1.165, 1.54) is 0 Å². The Kier molecular flexibility index (Phi) is 5.13. The molecule has 0 amide bonds. The zero-order valence-electron chi connectivity index (χ0n) is 10.7. The molecule has 1 aromatic rings. The van der Waals surface area contributed by atoms with Crippen LogP contribution in [0.3, 0.4) is 0 Å². The molecule has 19 heavy (non-hydrogen) atoms. The van der Waals surface area contributed by atoms with Crippen LogP contribution in [0.2, 0.25) is 0 Å². The first-order chi connectivity index (χ1) is 8.71. The van der Waals surface area contributed by atoms with Gasteiger partial charge in [-0.05, 0) is 6.07 Å². The maximum atomic E-state index is 12.7. The van der Waals surface area contributed by atoms with Gasteiger partial charge in [0.25, 0.3) is 5.56 Å². The quantitative estimate of drug-likeness (QED) is 0.851. The minimum Gasteiger partial charge on any atom is -0.390 e. The molecule has 0 aliphatic heterocycles. The number of hydrogen-bond donors (Lipinski definition) is 2. The number of halogens is 3. The van der Waals surface area contributed by atoms with Crippen molar-refractivity contribution in [3.8, 4) is 0 Å². The molecule has 1 atom stereocenters. The summed E-state index contributed by atoms with van der Waals surface area (Å²) in [4.78, 5) is 11.5. The van der Waals surface area contributed by atoms with Crippen molar-refractivity contribution >= 4 is 0 Å². The second-order valence-electron chi connectivity index (χ2n) is 4.57. The van der Waals surface area contributed by atoms with Crippen LogP contribution in [0, 0.1) is 0 Å². The fourth-order valence-corrected chi connectivity index (χ4v) is 1.60. The van der Waals surface area contributed by atoms with Crippen LogP contribution in [0.25, 0.3) is 0 Å². The van der Waals surface area contributed by atoms with E-state index in [-0.39, 0.29) is 12.6 Å². The number of hydrogen-bond acceptors (Lipinski definition) is 3. The Bertz CT molecular complexity index is 469. The summed E-state index contributed by atoms with van der Waals surface area (Å²) in [7, 11) is 0. The number of nitrogens with zero attached hydrogens (tertiary/aromatic N) is 1. The predicted octanol–water partition coefficient (Wildman–Crippen LogP) is 1.23. The van der Waals surface area contributed by atoms with E-state index < -0.39 is 30.1 Å². The van der Waals surface area contributed by atoms with E-state index in [4.69, 9.17) is 0 Å². The van der Waals surface area contributed by atoms with E-state index in [1.54, 1.807) is 0 Å². The van der Waals surface area contributed by atoms with Crippen LogP contribution in [0.5, 0.6) is 0 Å². The summed E-state index contributed by atoms with van der Waals surface area (Å²) in [5.74, 6) is 0. The maximum Gasteiger partial charge on any atom is 0.431 e. The van der Waals surface area contributed by atoms with Crippen molar-refractivity contribution in [1.29, 1.82) is 0 Å². The average molecular weight is 278 g/mol. The highest BCUT2D eigenvalue weighted by atomic mass is 19.4. The summed E-state index contributed by atoms with van der Waals surface area (Å²) in [6, 6.07) is 3.02. The number of aliphatic hydroxyl groups is 1. The fraction of sp³-hybridized carbons (Fsp3) is 0.583. The molecule has 0 fully saturated rings. The first-order valence-corrected chi connectivity index (χ1v) is 5.90. The molecule has 7 heteroatoms. The summed E-state index contributed by atoms with van der Waals surface area (Å²) in [6.07, 6.45) is -5.69. The third kappa shape index (κ3) is 4.68. The van der Waals surface area contributed by atoms with Crippen LogP contribution >= 0.6 is 0 Å². The lowest BCUT2D eigenvalue weighted by Gasteiger charge is -2.19. The highest BCUT2D eigenvalue weighted by Gasteiger charge is 2.34. The lowest BCUT2D eigenvalue weighted by atomic mass is 10.2. The first-order valence-electron chi connectivity index (χ1n) is 5.90. The Morgan fingerprint density at radius 3 is 2.53 bits per heavy atom. The topological polar surface area (TPSA) is 54.3 Å². The Balaban J connectivity index is 2.91. The summed E-state index contributed by atoms with van der Waals surface area (Å²) in [5.41, 5.74) is -1.83. The van der Waals surface area contributed by atoms with E-state index in [0.29, 0.717) is 4.57 Å². The van der Waals surface area contributed by atoms with Gasteiger partial charge in [0.2, 0.25) is 0 Å². The molecule has 0 aliphatic carbocycles. The van der Waals surface area contributed by atoms with Gasteiger partial charge in [0.05, 0.1) is 12.6 Å². The average Bonchev–Trinajstić information content (AvgIpc) is 2.27. The van der Waals surface area contributed by atoms with Crippen LogP contribution in [0.4, 0.5) is 13.2 Å². The first kappa shape index (κ1) is 15.7. The van der Waals surface area contributed by atoms with Gasteiger partial charge in [0, 0.05) is 18.7 Å². The van der Waals surface area contributed by atoms with Crippen molar-refractivity contribution in [3.05, 3.63) is 34.2 Å². The van der Waals surface area contributed by atoms with Crippen molar-refractivity contribution in [2.24, 2.45) is 0 Å². The molecule has 0 bridgehead atoms. The van der Waals surface area contributed by atoms with Crippen molar-refractivity contribution in [2.45, 2.75) is 38.7 Å². The highest BCUT2D eigenvalue weighted by Crippen LogP contribution is 2.28. The molecule has 0 aliphatic rings. The van der Waals surface area contributed by atoms with Crippen molar-refractivity contribution in [2.75, 3.05) is 6.54 Å². The molecule has 1 unspecified atom stereocenters. The number of rotatable bonds is 5. The molecule has 0 radical (unpaired) electrons. The molecular formula is C12H17F3N2O2. The van der Waals surface area contributed by atoms with E-state index in [2.05, 4.69) is 5.32 Å². The molecule has 2 N–H and O–H groups in total. The molecule has 1 rings (SSSR count). The van der Waals surface area contributed by atoms with Gasteiger partial charge in [0.15, 0.2) is 0 Å². The van der Waals surface area contributed by atoms with Gasteiger partial charge in [0.1, 0.15) is 5.69 Å². The summed E-state index contributed by atoms with van der Waals surface area (Å²) in [6.45, 7) is 3.43. The number of aromatic nitrogens is 1. The van der Waals surface area contributed by atoms with Gasteiger partial charge in [-0.25, -0.2) is 0 Å². The van der Waals surface area contributed by atoms with Crippen molar-refractivity contribution in [3.63, 3.8) is 0 Å². The molecule has 1 aromatic heterocycles. The third-order valence-electron chi connectivity index (χ3n) is 2.50. The van der Waals surface area contributed by atoms with Crippen molar-refractivity contribution < 1.29 is 18.3 Å². The lowest BCUT2D eigenvalue weighted by molar-refractivity contribution is -0.144. The fourth-order valence-electron chi connectivity index (χ4n) is 1.60. The Hall–Kier alpha value is -1.34. The summed E-state index contributed by atoms with van der Waals surface area (Å²) in [5, 5.41) is 12.6. The number of pyridine rings is 1. The highest BCUT2D eigenvalue weighted by molar-refractivity contribution is 5.10. The minimum atomic E-state index is -4.62. The molecule has 0 aromatic carbocycles. The van der Waals surface area contributed by atoms with Crippen LogP contribution in [0.15, 0.2) is 23.0 Å². The molecule has 4 nitrogen and oxygen atoms in total. The van der Waals surface area contributed by atoms with Gasteiger partial charge in [-0.1, -0.05) is 19.9 Å².